The zero-order valence-electron chi connectivity index (χ0n) is 17.5. The monoisotopic (exact) mass is 414 g/mol. The summed E-state index contributed by atoms with van der Waals surface area (Å²) in [5.41, 5.74) is 11.9. The molecule has 0 aliphatic rings. The van der Waals surface area contributed by atoms with E-state index >= 15 is 0 Å². The Morgan fingerprint density at radius 1 is 1.13 bits per heavy atom. The van der Waals surface area contributed by atoms with Gasteiger partial charge >= 0.3 is 5.97 Å². The first-order chi connectivity index (χ1) is 15.2. The van der Waals surface area contributed by atoms with Gasteiger partial charge in [0.05, 0.1) is 20.1 Å². The van der Waals surface area contributed by atoms with Crippen LogP contribution in [0.4, 0.5) is 5.69 Å². The van der Waals surface area contributed by atoms with Crippen molar-refractivity contribution in [2.24, 2.45) is 10.7 Å². The molecule has 0 saturated carbocycles. The number of hydrogen-bond donors (Lipinski definition) is 2. The number of nitrogens with two attached hydrogens (primary N) is 1. The Hall–Kier alpha value is -3.93. The second kappa shape index (κ2) is 11.3. The third kappa shape index (κ3) is 6.54. The normalized spacial score (nSPS) is 11.5. The number of pyridine rings is 1. The minimum atomic E-state index is -0.263. The van der Waals surface area contributed by atoms with Gasteiger partial charge in [0.15, 0.2) is 0 Å². The summed E-state index contributed by atoms with van der Waals surface area (Å²) in [6.07, 6.45) is 7.28. The Bertz CT molecular complexity index is 1050. The number of hydrogen-bond acceptors (Lipinski definition) is 6. The number of nitrogens with one attached hydrogen (secondary N) is 1. The molecule has 6 nitrogen and oxygen atoms in total. The van der Waals surface area contributed by atoms with E-state index in [0.29, 0.717) is 18.8 Å². The quantitative estimate of drug-likeness (QED) is 0.403. The zero-order valence-corrected chi connectivity index (χ0v) is 17.5. The summed E-state index contributed by atoms with van der Waals surface area (Å²) >= 11 is 0. The lowest BCUT2D eigenvalue weighted by atomic mass is 10.00. The average molecular weight is 415 g/mol. The van der Waals surface area contributed by atoms with Gasteiger partial charge in [0.1, 0.15) is 0 Å². The first-order valence-corrected chi connectivity index (χ1v) is 10.0. The van der Waals surface area contributed by atoms with Gasteiger partial charge in [0.2, 0.25) is 0 Å². The van der Waals surface area contributed by atoms with E-state index in [1.807, 2.05) is 48.5 Å². The van der Waals surface area contributed by atoms with Gasteiger partial charge in [-0.2, -0.15) is 0 Å². The van der Waals surface area contributed by atoms with E-state index < -0.39 is 0 Å². The fourth-order valence-electron chi connectivity index (χ4n) is 3.02. The number of anilines is 1. The van der Waals surface area contributed by atoms with E-state index in [1.54, 1.807) is 24.7 Å². The average Bonchev–Trinajstić information content (AvgIpc) is 2.83. The molecule has 0 unspecified atom stereocenters. The summed E-state index contributed by atoms with van der Waals surface area (Å²) in [4.78, 5) is 19.9. The predicted octanol–water partition coefficient (Wildman–Crippen LogP) is 4.29. The lowest BCUT2D eigenvalue weighted by molar-refractivity contribution is -0.140. The van der Waals surface area contributed by atoms with Crippen LogP contribution in [0.15, 0.2) is 84.1 Å². The molecule has 1 aromatic heterocycles. The molecule has 3 N–H and O–H groups in total. The smallest absolute Gasteiger partial charge is 0.307 e. The molecule has 0 aliphatic heterocycles. The molecule has 2 aromatic carbocycles. The first-order valence-electron chi connectivity index (χ1n) is 10.0. The molecule has 0 amide bonds. The minimum Gasteiger partial charge on any atom is -0.469 e. The number of esters is 1. The van der Waals surface area contributed by atoms with Crippen LogP contribution >= 0.6 is 0 Å². The first kappa shape index (κ1) is 21.8. The zero-order chi connectivity index (χ0) is 21.9. The van der Waals surface area contributed by atoms with Gasteiger partial charge in [-0.15, -0.1) is 0 Å². The van der Waals surface area contributed by atoms with E-state index in [9.17, 15) is 4.79 Å². The van der Waals surface area contributed by atoms with E-state index in [0.717, 1.165) is 27.9 Å². The van der Waals surface area contributed by atoms with Crippen molar-refractivity contribution < 1.29 is 9.53 Å². The maximum atomic E-state index is 11.4. The van der Waals surface area contributed by atoms with Crippen molar-refractivity contribution in [3.05, 3.63) is 90.3 Å². The van der Waals surface area contributed by atoms with Gasteiger partial charge in [-0.05, 0) is 41.0 Å². The highest BCUT2D eigenvalue weighted by molar-refractivity contribution is 5.88. The van der Waals surface area contributed by atoms with Gasteiger partial charge in [-0.25, -0.2) is 0 Å². The molecular weight excluding hydrogens is 388 g/mol. The minimum absolute atomic E-state index is 0.263. The van der Waals surface area contributed by atoms with Crippen LogP contribution in [0.5, 0.6) is 0 Å². The molecular formula is C25H26N4O2. The molecule has 0 spiro atoms. The van der Waals surface area contributed by atoms with Gasteiger partial charge in [0.25, 0.3) is 0 Å². The summed E-state index contributed by atoms with van der Waals surface area (Å²) in [6.45, 7) is 0.985. The van der Waals surface area contributed by atoms with Crippen LogP contribution in [0.25, 0.3) is 16.8 Å². The Labute approximate surface area is 182 Å². The highest BCUT2D eigenvalue weighted by Crippen LogP contribution is 2.28. The van der Waals surface area contributed by atoms with E-state index in [1.165, 1.54) is 7.11 Å². The molecule has 0 fully saturated rings. The summed E-state index contributed by atoms with van der Waals surface area (Å²) < 4.78 is 4.71. The number of carbonyl (C=O) groups excluding carboxylic acids is 1. The van der Waals surface area contributed by atoms with Gasteiger partial charge < -0.3 is 15.8 Å². The van der Waals surface area contributed by atoms with Crippen LogP contribution < -0.4 is 11.1 Å². The number of allylic oxidation sites excluding steroid dienone is 1. The molecule has 3 rings (SSSR count). The van der Waals surface area contributed by atoms with Crippen LogP contribution in [0.2, 0.25) is 0 Å². The summed E-state index contributed by atoms with van der Waals surface area (Å²) in [6, 6.07) is 20.0. The third-order valence-corrected chi connectivity index (χ3v) is 4.67. The van der Waals surface area contributed by atoms with Crippen LogP contribution in [0.1, 0.15) is 17.5 Å². The Kier molecular flexibility index (Phi) is 7.94. The lowest BCUT2D eigenvalue weighted by Crippen LogP contribution is -2.11. The topological polar surface area (TPSA) is 89.6 Å². The number of rotatable bonds is 9. The number of aliphatic imine (C=N–C) groups is 1. The van der Waals surface area contributed by atoms with Gasteiger partial charge in [0, 0.05) is 42.1 Å². The van der Waals surface area contributed by atoms with Gasteiger partial charge in [-0.3, -0.25) is 14.8 Å². The SMILES string of the molecule is COC(=O)CCNc1ccc(-c2ccccc2)cc1C(N)=CC=NCc1cccnc1. The van der Waals surface area contributed by atoms with Crippen LogP contribution in [0.3, 0.4) is 0 Å². The Balaban J connectivity index is 1.81. The van der Waals surface area contributed by atoms with Crippen LogP contribution in [0, 0.1) is 0 Å². The standard InChI is InChI=1S/C25H26N4O2/c1-31-25(30)12-15-29-24-10-9-21(20-7-3-2-4-8-20)16-22(24)23(26)11-14-28-18-19-6-5-13-27-17-19/h2-11,13-14,16-17,29H,12,15,18,26H2,1H3. The van der Waals surface area contributed by atoms with Crippen molar-refractivity contribution in [1.82, 2.24) is 4.98 Å². The fraction of sp³-hybridized carbons (Fsp3) is 0.160. The number of aromatic nitrogens is 1. The third-order valence-electron chi connectivity index (χ3n) is 4.67. The molecule has 0 radical (unpaired) electrons. The lowest BCUT2D eigenvalue weighted by Gasteiger charge is -2.14. The molecule has 0 saturated heterocycles. The summed E-state index contributed by atoms with van der Waals surface area (Å²) in [7, 11) is 1.38. The van der Waals surface area contributed by atoms with Crippen LogP contribution in [-0.4, -0.2) is 30.8 Å². The largest absolute Gasteiger partial charge is 0.469 e. The molecule has 0 bridgehead atoms. The molecule has 158 valence electrons. The molecule has 31 heavy (non-hydrogen) atoms. The summed E-state index contributed by atoms with van der Waals surface area (Å²) in [5, 5.41) is 3.28. The number of methoxy groups -OCH3 is 1. The number of benzene rings is 2. The maximum Gasteiger partial charge on any atom is 0.307 e. The fourth-order valence-corrected chi connectivity index (χ4v) is 3.02. The number of carbonyl (C=O) groups is 1. The van der Waals surface area contributed by atoms with E-state index in [2.05, 4.69) is 27.4 Å². The highest BCUT2D eigenvalue weighted by Gasteiger charge is 2.09. The van der Waals surface area contributed by atoms with Crippen molar-refractivity contribution in [3.63, 3.8) is 0 Å². The number of ether oxygens (including phenoxy) is 1. The highest BCUT2D eigenvalue weighted by atomic mass is 16.5. The maximum absolute atomic E-state index is 11.4. The molecule has 0 atom stereocenters. The second-order valence-electron chi connectivity index (χ2n) is 6.85. The molecule has 1 heterocycles. The second-order valence-corrected chi connectivity index (χ2v) is 6.85. The number of nitrogens with zero attached hydrogens (tertiary/aromatic N) is 2. The van der Waals surface area contributed by atoms with Crippen molar-refractivity contribution in [2.45, 2.75) is 13.0 Å². The van der Waals surface area contributed by atoms with Crippen molar-refractivity contribution in [3.8, 4) is 11.1 Å². The molecule has 3 aromatic rings. The molecule has 0 aliphatic carbocycles. The van der Waals surface area contributed by atoms with Crippen molar-refractivity contribution >= 4 is 23.6 Å². The Morgan fingerprint density at radius 3 is 2.71 bits per heavy atom. The van der Waals surface area contributed by atoms with Gasteiger partial charge in [-0.1, -0.05) is 42.5 Å². The van der Waals surface area contributed by atoms with E-state index in [4.69, 9.17) is 10.5 Å². The van der Waals surface area contributed by atoms with Crippen LogP contribution in [-0.2, 0) is 16.1 Å². The predicted molar refractivity (Wildman–Crippen MR) is 126 cm³/mol. The molecule has 6 heteroatoms. The summed E-state index contributed by atoms with van der Waals surface area (Å²) in [5.74, 6) is -0.263. The van der Waals surface area contributed by atoms with E-state index in [-0.39, 0.29) is 12.4 Å². The Morgan fingerprint density at radius 2 is 1.97 bits per heavy atom. The van der Waals surface area contributed by atoms with Crippen molar-refractivity contribution in [1.29, 1.82) is 0 Å². The van der Waals surface area contributed by atoms with Crippen molar-refractivity contribution in [2.75, 3.05) is 19.0 Å².